The van der Waals surface area contributed by atoms with Gasteiger partial charge in [0.05, 0.1) is 11.5 Å². The Labute approximate surface area is 110 Å². The van der Waals surface area contributed by atoms with Crippen LogP contribution in [0, 0.1) is 11.3 Å². The van der Waals surface area contributed by atoms with E-state index in [2.05, 4.69) is 26.1 Å². The van der Waals surface area contributed by atoms with Crippen LogP contribution in [-0.2, 0) is 4.79 Å². The monoisotopic (exact) mass is 256 g/mol. The molecule has 1 saturated carbocycles. The molecule has 0 spiro atoms. The van der Waals surface area contributed by atoms with Crippen LogP contribution in [0.15, 0.2) is 0 Å². The second kappa shape index (κ2) is 6.02. The Morgan fingerprint density at radius 2 is 1.94 bits per heavy atom. The van der Waals surface area contributed by atoms with Gasteiger partial charge in [-0.15, -0.1) is 0 Å². The Bertz CT molecular complexity index is 278. The molecule has 106 valence electrons. The normalized spacial score (nSPS) is 20.7. The van der Waals surface area contributed by atoms with E-state index in [1.807, 2.05) is 0 Å². The third kappa shape index (κ3) is 4.94. The van der Waals surface area contributed by atoms with Crippen molar-refractivity contribution in [2.45, 2.75) is 58.5 Å². The van der Waals surface area contributed by atoms with Gasteiger partial charge in [0, 0.05) is 13.1 Å². The van der Waals surface area contributed by atoms with Crippen molar-refractivity contribution >= 4 is 5.91 Å². The highest BCUT2D eigenvalue weighted by Crippen LogP contribution is 2.29. The van der Waals surface area contributed by atoms with Gasteiger partial charge in [-0.25, -0.2) is 0 Å². The fourth-order valence-corrected chi connectivity index (χ4v) is 2.63. The van der Waals surface area contributed by atoms with Gasteiger partial charge in [0.2, 0.25) is 5.91 Å². The maximum absolute atomic E-state index is 12.0. The van der Waals surface area contributed by atoms with Crippen LogP contribution < -0.4 is 11.1 Å². The number of rotatable bonds is 5. The molecule has 0 aliphatic heterocycles. The predicted molar refractivity (Wildman–Crippen MR) is 73.0 cm³/mol. The van der Waals surface area contributed by atoms with Crippen molar-refractivity contribution in [3.8, 4) is 0 Å². The molecule has 1 fully saturated rings. The molecule has 1 aliphatic carbocycles. The maximum atomic E-state index is 12.0. The standard InChI is InChI=1S/C14H28N2O2/c1-13(2,3)8-11(9-15)12(17)16-10-14(18)6-4-5-7-14/h11,18H,4-10,15H2,1-3H3,(H,16,17). The lowest BCUT2D eigenvalue weighted by Crippen LogP contribution is -2.45. The van der Waals surface area contributed by atoms with E-state index in [9.17, 15) is 9.90 Å². The second-order valence-electron chi connectivity index (χ2n) is 6.85. The predicted octanol–water partition coefficient (Wildman–Crippen LogP) is 1.42. The van der Waals surface area contributed by atoms with E-state index in [1.165, 1.54) is 0 Å². The number of amides is 1. The highest BCUT2D eigenvalue weighted by molar-refractivity contribution is 5.79. The number of carbonyl (C=O) groups is 1. The van der Waals surface area contributed by atoms with E-state index >= 15 is 0 Å². The highest BCUT2D eigenvalue weighted by Gasteiger charge is 2.32. The molecule has 1 aliphatic rings. The van der Waals surface area contributed by atoms with Crippen LogP contribution in [0.25, 0.3) is 0 Å². The van der Waals surface area contributed by atoms with E-state index in [4.69, 9.17) is 5.73 Å². The third-order valence-corrected chi connectivity index (χ3v) is 3.64. The molecular weight excluding hydrogens is 228 g/mol. The summed E-state index contributed by atoms with van der Waals surface area (Å²) in [6.07, 6.45) is 4.46. The largest absolute Gasteiger partial charge is 0.388 e. The first-order valence-electron chi connectivity index (χ1n) is 6.96. The van der Waals surface area contributed by atoms with Crippen LogP contribution in [0.5, 0.6) is 0 Å². The molecule has 18 heavy (non-hydrogen) atoms. The summed E-state index contributed by atoms with van der Waals surface area (Å²) < 4.78 is 0. The molecule has 0 aromatic rings. The molecule has 4 nitrogen and oxygen atoms in total. The van der Waals surface area contributed by atoms with Gasteiger partial charge in [-0.3, -0.25) is 4.79 Å². The van der Waals surface area contributed by atoms with E-state index in [-0.39, 0.29) is 17.2 Å². The summed E-state index contributed by atoms with van der Waals surface area (Å²) in [5.41, 5.74) is 5.08. The van der Waals surface area contributed by atoms with Crippen LogP contribution in [0.1, 0.15) is 52.9 Å². The van der Waals surface area contributed by atoms with Gasteiger partial charge in [-0.05, 0) is 24.7 Å². The van der Waals surface area contributed by atoms with Crippen molar-refractivity contribution in [1.82, 2.24) is 5.32 Å². The Balaban J connectivity index is 2.42. The minimum absolute atomic E-state index is 0.0206. The quantitative estimate of drug-likeness (QED) is 0.696. The lowest BCUT2D eigenvalue weighted by Gasteiger charge is -2.27. The number of nitrogens with two attached hydrogens (primary N) is 1. The molecule has 0 aromatic carbocycles. The molecule has 0 saturated heterocycles. The van der Waals surface area contributed by atoms with Crippen LogP contribution in [0.3, 0.4) is 0 Å². The summed E-state index contributed by atoms with van der Waals surface area (Å²) >= 11 is 0. The molecule has 0 bridgehead atoms. The first-order valence-corrected chi connectivity index (χ1v) is 6.96. The van der Waals surface area contributed by atoms with Gasteiger partial charge in [0.1, 0.15) is 0 Å². The summed E-state index contributed by atoms with van der Waals surface area (Å²) in [6.45, 7) is 7.04. The van der Waals surface area contributed by atoms with E-state index in [0.29, 0.717) is 13.1 Å². The zero-order valence-electron chi connectivity index (χ0n) is 12.0. The SMILES string of the molecule is CC(C)(C)CC(CN)C(=O)NCC1(O)CCCC1. The molecule has 1 atom stereocenters. The summed E-state index contributed by atoms with van der Waals surface area (Å²) in [4.78, 5) is 12.0. The van der Waals surface area contributed by atoms with Gasteiger partial charge < -0.3 is 16.2 Å². The van der Waals surface area contributed by atoms with Gasteiger partial charge in [0.15, 0.2) is 0 Å². The number of nitrogens with one attached hydrogen (secondary N) is 1. The lowest BCUT2D eigenvalue weighted by molar-refractivity contribution is -0.126. The van der Waals surface area contributed by atoms with Crippen LogP contribution in [-0.4, -0.2) is 29.7 Å². The Hall–Kier alpha value is -0.610. The summed E-state index contributed by atoms with van der Waals surface area (Å²) in [7, 11) is 0. The number of aliphatic hydroxyl groups is 1. The fourth-order valence-electron chi connectivity index (χ4n) is 2.63. The molecule has 1 unspecified atom stereocenters. The van der Waals surface area contributed by atoms with E-state index in [0.717, 1.165) is 32.1 Å². The number of hydrogen-bond acceptors (Lipinski definition) is 3. The summed E-state index contributed by atoms with van der Waals surface area (Å²) in [5, 5.41) is 13.1. The van der Waals surface area contributed by atoms with Gasteiger partial charge in [-0.2, -0.15) is 0 Å². The molecule has 0 heterocycles. The molecule has 4 N–H and O–H groups in total. The number of hydrogen-bond donors (Lipinski definition) is 3. The third-order valence-electron chi connectivity index (χ3n) is 3.64. The topological polar surface area (TPSA) is 75.4 Å². The first-order chi connectivity index (χ1) is 8.26. The van der Waals surface area contributed by atoms with Crippen molar-refractivity contribution in [3.63, 3.8) is 0 Å². The Morgan fingerprint density at radius 1 is 1.39 bits per heavy atom. The van der Waals surface area contributed by atoms with E-state index < -0.39 is 5.60 Å². The minimum atomic E-state index is -0.684. The molecule has 0 aromatic heterocycles. The first kappa shape index (κ1) is 15.4. The Kier molecular flexibility index (Phi) is 5.17. The fraction of sp³-hybridized carbons (Fsp3) is 0.929. The van der Waals surface area contributed by atoms with Gasteiger partial charge in [0.25, 0.3) is 0 Å². The zero-order chi connectivity index (χ0) is 13.8. The van der Waals surface area contributed by atoms with E-state index in [1.54, 1.807) is 0 Å². The lowest BCUT2D eigenvalue weighted by atomic mass is 9.84. The average molecular weight is 256 g/mol. The second-order valence-corrected chi connectivity index (χ2v) is 6.85. The summed E-state index contributed by atoms with van der Waals surface area (Å²) in [5.74, 6) is -0.178. The van der Waals surface area contributed by atoms with Crippen molar-refractivity contribution in [1.29, 1.82) is 0 Å². The van der Waals surface area contributed by atoms with Crippen molar-refractivity contribution in [2.75, 3.05) is 13.1 Å². The molecule has 4 heteroatoms. The van der Waals surface area contributed by atoms with Gasteiger partial charge >= 0.3 is 0 Å². The van der Waals surface area contributed by atoms with Crippen LogP contribution >= 0.6 is 0 Å². The smallest absolute Gasteiger partial charge is 0.224 e. The van der Waals surface area contributed by atoms with Crippen LogP contribution in [0.4, 0.5) is 0 Å². The maximum Gasteiger partial charge on any atom is 0.224 e. The summed E-state index contributed by atoms with van der Waals surface area (Å²) in [6, 6.07) is 0. The molecule has 0 radical (unpaired) electrons. The van der Waals surface area contributed by atoms with Crippen molar-refractivity contribution < 1.29 is 9.90 Å². The number of carbonyl (C=O) groups excluding carboxylic acids is 1. The Morgan fingerprint density at radius 3 is 2.39 bits per heavy atom. The zero-order valence-corrected chi connectivity index (χ0v) is 12.0. The van der Waals surface area contributed by atoms with Crippen molar-refractivity contribution in [2.24, 2.45) is 17.1 Å². The highest BCUT2D eigenvalue weighted by atomic mass is 16.3. The average Bonchev–Trinajstić information content (AvgIpc) is 2.69. The minimum Gasteiger partial charge on any atom is -0.388 e. The van der Waals surface area contributed by atoms with Crippen LogP contribution in [0.2, 0.25) is 0 Å². The molecular formula is C14H28N2O2. The van der Waals surface area contributed by atoms with Gasteiger partial charge in [-0.1, -0.05) is 33.6 Å². The molecule has 1 amide bonds. The van der Waals surface area contributed by atoms with Crippen molar-refractivity contribution in [3.05, 3.63) is 0 Å². The molecule has 1 rings (SSSR count).